The molecule has 1 aromatic rings. The lowest BCUT2D eigenvalue weighted by Gasteiger charge is -2.03. The number of carbonyl (C=O) groups is 1. The first-order valence-corrected chi connectivity index (χ1v) is 4.65. The maximum atomic E-state index is 11.3. The second-order valence-electron chi connectivity index (χ2n) is 3.37. The quantitative estimate of drug-likeness (QED) is 0.543. The van der Waals surface area contributed by atoms with Gasteiger partial charge in [0.05, 0.1) is 13.0 Å². The summed E-state index contributed by atoms with van der Waals surface area (Å²) >= 11 is 0. The molecule has 2 rings (SSSR count). The molecule has 1 fully saturated rings. The fourth-order valence-corrected chi connectivity index (χ4v) is 1.16. The van der Waals surface area contributed by atoms with Crippen molar-refractivity contribution >= 4 is 5.97 Å². The van der Waals surface area contributed by atoms with Gasteiger partial charge in [-0.05, 0) is 37.1 Å². The fraction of sp³-hybridized carbons (Fsp3) is 0.364. The topological polar surface area (TPSA) is 35.5 Å². The Hall–Kier alpha value is -1.51. The first kappa shape index (κ1) is 9.06. The van der Waals surface area contributed by atoms with E-state index in [1.807, 2.05) is 0 Å². The summed E-state index contributed by atoms with van der Waals surface area (Å²) in [6.45, 7) is 0. The molecule has 0 N–H and O–H groups in total. The summed E-state index contributed by atoms with van der Waals surface area (Å²) in [7, 11) is 1.60. The molecule has 1 saturated carbocycles. The Bertz CT molecular complexity index is 325. The van der Waals surface area contributed by atoms with Crippen molar-refractivity contribution < 1.29 is 14.3 Å². The van der Waals surface area contributed by atoms with Crippen LogP contribution in [-0.4, -0.2) is 13.1 Å². The summed E-state index contributed by atoms with van der Waals surface area (Å²) in [5.41, 5.74) is 0. The number of carbonyl (C=O) groups excluding carboxylic acids is 1. The average molecular weight is 192 g/mol. The molecule has 0 aromatic heterocycles. The van der Waals surface area contributed by atoms with Crippen molar-refractivity contribution in [3.63, 3.8) is 0 Å². The number of rotatable bonds is 3. The van der Waals surface area contributed by atoms with Crippen LogP contribution in [0.1, 0.15) is 12.8 Å². The van der Waals surface area contributed by atoms with Gasteiger partial charge in [-0.15, -0.1) is 0 Å². The van der Waals surface area contributed by atoms with E-state index in [4.69, 9.17) is 9.47 Å². The Labute approximate surface area is 82.6 Å². The Morgan fingerprint density at radius 3 is 2.29 bits per heavy atom. The minimum Gasteiger partial charge on any atom is -0.497 e. The highest BCUT2D eigenvalue weighted by Gasteiger charge is 2.31. The molecule has 1 aliphatic rings. The van der Waals surface area contributed by atoms with Crippen molar-refractivity contribution in [1.82, 2.24) is 0 Å². The number of benzene rings is 1. The van der Waals surface area contributed by atoms with Gasteiger partial charge in [0.15, 0.2) is 0 Å². The van der Waals surface area contributed by atoms with E-state index < -0.39 is 0 Å². The highest BCUT2D eigenvalue weighted by molar-refractivity contribution is 5.77. The van der Waals surface area contributed by atoms with Crippen molar-refractivity contribution in [3.05, 3.63) is 24.3 Å². The van der Waals surface area contributed by atoms with Gasteiger partial charge in [-0.3, -0.25) is 4.79 Å². The SMILES string of the molecule is COc1ccc(OC(=O)C2CC2)cc1. The molecule has 3 nitrogen and oxygen atoms in total. The Morgan fingerprint density at radius 1 is 1.21 bits per heavy atom. The van der Waals surface area contributed by atoms with Crippen LogP contribution in [0.2, 0.25) is 0 Å². The van der Waals surface area contributed by atoms with E-state index in [9.17, 15) is 4.79 Å². The molecule has 74 valence electrons. The molecule has 3 heteroatoms. The van der Waals surface area contributed by atoms with Crippen LogP contribution in [0.3, 0.4) is 0 Å². The van der Waals surface area contributed by atoms with Gasteiger partial charge in [-0.2, -0.15) is 0 Å². The van der Waals surface area contributed by atoms with Crippen LogP contribution in [0.4, 0.5) is 0 Å². The Balaban J connectivity index is 1.98. The second-order valence-corrected chi connectivity index (χ2v) is 3.37. The molecule has 0 heterocycles. The molecular formula is C11H12O3. The van der Waals surface area contributed by atoms with E-state index in [0.29, 0.717) is 5.75 Å². The molecule has 0 spiro atoms. The van der Waals surface area contributed by atoms with Gasteiger partial charge in [0, 0.05) is 0 Å². The molecule has 0 amide bonds. The van der Waals surface area contributed by atoms with Gasteiger partial charge in [0.2, 0.25) is 0 Å². The number of hydrogen-bond acceptors (Lipinski definition) is 3. The molecule has 1 aliphatic carbocycles. The lowest BCUT2D eigenvalue weighted by atomic mass is 10.3. The highest BCUT2D eigenvalue weighted by atomic mass is 16.5. The largest absolute Gasteiger partial charge is 0.497 e. The van der Waals surface area contributed by atoms with Crippen LogP contribution >= 0.6 is 0 Å². The fourth-order valence-electron chi connectivity index (χ4n) is 1.16. The lowest BCUT2D eigenvalue weighted by molar-refractivity contribution is -0.135. The first-order chi connectivity index (χ1) is 6.79. The van der Waals surface area contributed by atoms with E-state index in [0.717, 1.165) is 18.6 Å². The van der Waals surface area contributed by atoms with Crippen LogP contribution in [0.25, 0.3) is 0 Å². The molecule has 0 aliphatic heterocycles. The predicted molar refractivity (Wildman–Crippen MR) is 51.4 cm³/mol. The van der Waals surface area contributed by atoms with Crippen LogP contribution in [0, 0.1) is 5.92 Å². The zero-order chi connectivity index (χ0) is 9.97. The highest BCUT2D eigenvalue weighted by Crippen LogP contribution is 2.31. The first-order valence-electron chi connectivity index (χ1n) is 4.65. The van der Waals surface area contributed by atoms with E-state index in [2.05, 4.69) is 0 Å². The Kier molecular flexibility index (Phi) is 2.39. The second kappa shape index (κ2) is 3.70. The van der Waals surface area contributed by atoms with E-state index >= 15 is 0 Å². The number of hydrogen-bond donors (Lipinski definition) is 0. The summed E-state index contributed by atoms with van der Waals surface area (Å²) in [6.07, 6.45) is 1.93. The standard InChI is InChI=1S/C11H12O3/c1-13-9-4-6-10(7-5-9)14-11(12)8-2-3-8/h4-8H,2-3H2,1H3. The van der Waals surface area contributed by atoms with Crippen molar-refractivity contribution in [2.24, 2.45) is 5.92 Å². The summed E-state index contributed by atoms with van der Waals surface area (Å²) in [5.74, 6) is 1.37. The van der Waals surface area contributed by atoms with Crippen LogP contribution in [0.5, 0.6) is 11.5 Å². The number of ether oxygens (including phenoxy) is 2. The maximum Gasteiger partial charge on any atom is 0.314 e. The molecule has 0 radical (unpaired) electrons. The predicted octanol–water partition coefficient (Wildman–Crippen LogP) is 2.01. The molecule has 0 bridgehead atoms. The van der Waals surface area contributed by atoms with E-state index in [1.54, 1.807) is 31.4 Å². The number of esters is 1. The van der Waals surface area contributed by atoms with Crippen LogP contribution < -0.4 is 9.47 Å². The molecule has 0 unspecified atom stereocenters. The van der Waals surface area contributed by atoms with E-state index in [1.165, 1.54) is 0 Å². The molecule has 0 saturated heterocycles. The van der Waals surface area contributed by atoms with Crippen LogP contribution in [0.15, 0.2) is 24.3 Å². The van der Waals surface area contributed by atoms with Crippen molar-refractivity contribution in [1.29, 1.82) is 0 Å². The lowest BCUT2D eigenvalue weighted by Crippen LogP contribution is -2.09. The zero-order valence-electron chi connectivity index (χ0n) is 8.03. The Morgan fingerprint density at radius 2 is 1.79 bits per heavy atom. The van der Waals surface area contributed by atoms with Crippen molar-refractivity contribution in [2.75, 3.05) is 7.11 Å². The van der Waals surface area contributed by atoms with Gasteiger partial charge < -0.3 is 9.47 Å². The average Bonchev–Trinajstić information content (AvgIpc) is 3.02. The van der Waals surface area contributed by atoms with Crippen LogP contribution in [-0.2, 0) is 4.79 Å². The minimum atomic E-state index is -0.116. The molecule has 0 atom stereocenters. The summed E-state index contributed by atoms with van der Waals surface area (Å²) in [6, 6.07) is 7.02. The van der Waals surface area contributed by atoms with Gasteiger partial charge in [0.1, 0.15) is 11.5 Å². The summed E-state index contributed by atoms with van der Waals surface area (Å²) < 4.78 is 10.1. The maximum absolute atomic E-state index is 11.3. The van der Waals surface area contributed by atoms with Crippen molar-refractivity contribution in [2.45, 2.75) is 12.8 Å². The van der Waals surface area contributed by atoms with E-state index in [-0.39, 0.29) is 11.9 Å². The third-order valence-corrected chi connectivity index (χ3v) is 2.19. The number of methoxy groups -OCH3 is 1. The minimum absolute atomic E-state index is 0.116. The molecule has 14 heavy (non-hydrogen) atoms. The normalized spacial score (nSPS) is 14.9. The van der Waals surface area contributed by atoms with Gasteiger partial charge >= 0.3 is 5.97 Å². The van der Waals surface area contributed by atoms with Crippen molar-refractivity contribution in [3.8, 4) is 11.5 Å². The molecular weight excluding hydrogens is 180 g/mol. The third kappa shape index (κ3) is 2.05. The molecule has 1 aromatic carbocycles. The summed E-state index contributed by atoms with van der Waals surface area (Å²) in [4.78, 5) is 11.3. The van der Waals surface area contributed by atoms with Gasteiger partial charge in [0.25, 0.3) is 0 Å². The smallest absolute Gasteiger partial charge is 0.314 e. The third-order valence-electron chi connectivity index (χ3n) is 2.19. The monoisotopic (exact) mass is 192 g/mol. The zero-order valence-corrected chi connectivity index (χ0v) is 8.03. The van der Waals surface area contributed by atoms with Gasteiger partial charge in [-0.25, -0.2) is 0 Å². The summed E-state index contributed by atoms with van der Waals surface area (Å²) in [5, 5.41) is 0. The van der Waals surface area contributed by atoms with Gasteiger partial charge in [-0.1, -0.05) is 0 Å².